The van der Waals surface area contributed by atoms with Crippen molar-refractivity contribution in [2.75, 3.05) is 7.11 Å². The number of hydrogen-bond donors (Lipinski definition) is 0. The van der Waals surface area contributed by atoms with E-state index in [1.807, 2.05) is 30.3 Å². The van der Waals surface area contributed by atoms with Crippen LogP contribution in [-0.2, 0) is 11.2 Å². The van der Waals surface area contributed by atoms with Gasteiger partial charge in [0.15, 0.2) is 0 Å². The third-order valence-corrected chi connectivity index (χ3v) is 5.67. The van der Waals surface area contributed by atoms with Crippen LogP contribution in [0.1, 0.15) is 43.9 Å². The molecule has 2 aromatic carbocycles. The van der Waals surface area contributed by atoms with Gasteiger partial charge >= 0.3 is 0 Å². The van der Waals surface area contributed by atoms with Crippen molar-refractivity contribution >= 4 is 0 Å². The maximum atomic E-state index is 13.2. The van der Waals surface area contributed by atoms with Crippen molar-refractivity contribution in [1.29, 1.82) is 0 Å². The molecule has 0 saturated carbocycles. The van der Waals surface area contributed by atoms with E-state index >= 15 is 0 Å². The summed E-state index contributed by atoms with van der Waals surface area (Å²) in [5, 5.41) is 0. The fourth-order valence-corrected chi connectivity index (χ4v) is 4.25. The summed E-state index contributed by atoms with van der Waals surface area (Å²) in [5.41, 5.74) is 1.90. The van der Waals surface area contributed by atoms with Crippen LogP contribution >= 0.6 is 0 Å². The smallest absolute Gasteiger partial charge is 0.126 e. The molecule has 0 unspecified atom stereocenters. The first kappa shape index (κ1) is 17.3. The quantitative estimate of drug-likeness (QED) is 0.767. The SMILES string of the molecule is COc1ccc2c(c1)[C@H]1O[C@@H](Cc3ccc(F)cc3)CC[C@@H]1C(C)(C)O2. The van der Waals surface area contributed by atoms with Crippen molar-refractivity contribution in [3.05, 3.63) is 59.4 Å². The van der Waals surface area contributed by atoms with E-state index in [4.69, 9.17) is 14.2 Å². The standard InChI is InChI=1S/C22H25FO3/c1-22(2)19-10-8-17(12-14-4-6-15(23)7-5-14)25-21(19)18-13-16(24-3)9-11-20(18)26-22/h4-7,9,11,13,17,19,21H,8,10,12H2,1-3H3/t17-,19+,21-/m1/s1. The fraction of sp³-hybridized carbons (Fsp3) is 0.455. The summed E-state index contributed by atoms with van der Waals surface area (Å²) in [7, 11) is 1.67. The zero-order valence-electron chi connectivity index (χ0n) is 15.5. The van der Waals surface area contributed by atoms with Gasteiger partial charge in [0.2, 0.25) is 0 Å². The maximum absolute atomic E-state index is 13.2. The first-order valence-electron chi connectivity index (χ1n) is 9.23. The molecular weight excluding hydrogens is 331 g/mol. The van der Waals surface area contributed by atoms with Crippen LogP contribution in [-0.4, -0.2) is 18.8 Å². The summed E-state index contributed by atoms with van der Waals surface area (Å²) in [6.07, 6.45) is 2.92. The molecule has 0 radical (unpaired) electrons. The van der Waals surface area contributed by atoms with Crippen molar-refractivity contribution in [3.8, 4) is 11.5 Å². The van der Waals surface area contributed by atoms with E-state index in [2.05, 4.69) is 13.8 Å². The summed E-state index contributed by atoms with van der Waals surface area (Å²) in [6, 6.07) is 12.6. The highest BCUT2D eigenvalue weighted by Crippen LogP contribution is 2.51. The largest absolute Gasteiger partial charge is 0.497 e. The minimum Gasteiger partial charge on any atom is -0.497 e. The summed E-state index contributed by atoms with van der Waals surface area (Å²) in [4.78, 5) is 0. The predicted octanol–water partition coefficient (Wildman–Crippen LogP) is 5.08. The summed E-state index contributed by atoms with van der Waals surface area (Å²) < 4.78 is 31.4. The molecule has 0 amide bonds. The number of halogens is 1. The molecule has 0 bridgehead atoms. The zero-order chi connectivity index (χ0) is 18.3. The average molecular weight is 356 g/mol. The molecule has 2 aliphatic heterocycles. The minimum atomic E-state index is -0.271. The van der Waals surface area contributed by atoms with Gasteiger partial charge in [-0.1, -0.05) is 12.1 Å². The molecule has 0 spiro atoms. The Morgan fingerprint density at radius 3 is 2.62 bits per heavy atom. The summed E-state index contributed by atoms with van der Waals surface area (Å²) in [5.74, 6) is 1.78. The number of ether oxygens (including phenoxy) is 3. The number of fused-ring (bicyclic) bond motifs is 3. The fourth-order valence-electron chi connectivity index (χ4n) is 4.25. The number of benzene rings is 2. The summed E-state index contributed by atoms with van der Waals surface area (Å²) >= 11 is 0. The van der Waals surface area contributed by atoms with Crippen molar-refractivity contribution in [2.24, 2.45) is 5.92 Å². The molecule has 1 saturated heterocycles. The Kier molecular flexibility index (Phi) is 4.39. The molecule has 26 heavy (non-hydrogen) atoms. The van der Waals surface area contributed by atoms with Gasteiger partial charge in [-0.25, -0.2) is 4.39 Å². The van der Waals surface area contributed by atoms with Crippen molar-refractivity contribution in [3.63, 3.8) is 0 Å². The lowest BCUT2D eigenvalue weighted by molar-refractivity contribution is -0.149. The van der Waals surface area contributed by atoms with E-state index in [0.29, 0.717) is 5.92 Å². The predicted molar refractivity (Wildman–Crippen MR) is 98.1 cm³/mol. The normalized spacial score (nSPS) is 26.4. The van der Waals surface area contributed by atoms with Crippen LogP contribution in [0.3, 0.4) is 0 Å². The maximum Gasteiger partial charge on any atom is 0.126 e. The van der Waals surface area contributed by atoms with Gasteiger partial charge in [-0.15, -0.1) is 0 Å². The highest BCUT2D eigenvalue weighted by molar-refractivity contribution is 5.44. The lowest BCUT2D eigenvalue weighted by atomic mass is 9.75. The van der Waals surface area contributed by atoms with Crippen LogP contribution in [0.15, 0.2) is 42.5 Å². The van der Waals surface area contributed by atoms with E-state index in [1.165, 1.54) is 12.1 Å². The molecule has 2 aliphatic rings. The zero-order valence-corrected chi connectivity index (χ0v) is 15.5. The molecule has 0 N–H and O–H groups in total. The second-order valence-corrected chi connectivity index (χ2v) is 7.80. The van der Waals surface area contributed by atoms with Gasteiger partial charge in [0, 0.05) is 11.5 Å². The molecule has 4 heteroatoms. The third kappa shape index (κ3) is 3.18. The number of hydrogen-bond acceptors (Lipinski definition) is 3. The van der Waals surface area contributed by atoms with Gasteiger partial charge in [0.1, 0.15) is 22.9 Å². The van der Waals surface area contributed by atoms with Crippen molar-refractivity contribution < 1.29 is 18.6 Å². The van der Waals surface area contributed by atoms with Crippen molar-refractivity contribution in [2.45, 2.75) is 50.9 Å². The molecule has 2 aromatic rings. The van der Waals surface area contributed by atoms with Gasteiger partial charge in [-0.2, -0.15) is 0 Å². The Bertz CT molecular complexity index is 784. The molecule has 3 atom stereocenters. The van der Waals surface area contributed by atoms with Crippen LogP contribution in [0.25, 0.3) is 0 Å². The van der Waals surface area contributed by atoms with Gasteiger partial charge in [0.05, 0.1) is 19.3 Å². The average Bonchev–Trinajstić information content (AvgIpc) is 2.63. The van der Waals surface area contributed by atoms with Gasteiger partial charge in [0.25, 0.3) is 0 Å². The molecule has 0 aliphatic carbocycles. The molecule has 0 aromatic heterocycles. The van der Waals surface area contributed by atoms with Crippen LogP contribution in [0.4, 0.5) is 4.39 Å². The van der Waals surface area contributed by atoms with Gasteiger partial charge < -0.3 is 14.2 Å². The monoisotopic (exact) mass is 356 g/mol. The summed E-state index contributed by atoms with van der Waals surface area (Å²) in [6.45, 7) is 4.28. The Hall–Kier alpha value is -2.07. The van der Waals surface area contributed by atoms with Crippen molar-refractivity contribution in [1.82, 2.24) is 0 Å². The lowest BCUT2D eigenvalue weighted by Gasteiger charge is -2.48. The van der Waals surface area contributed by atoms with Gasteiger partial charge in [-0.3, -0.25) is 0 Å². The van der Waals surface area contributed by atoms with E-state index < -0.39 is 0 Å². The first-order chi connectivity index (χ1) is 12.5. The highest BCUT2D eigenvalue weighted by atomic mass is 19.1. The molecular formula is C22H25FO3. The lowest BCUT2D eigenvalue weighted by Crippen LogP contribution is -2.48. The molecule has 1 fully saturated rings. The van der Waals surface area contributed by atoms with Crippen LogP contribution in [0.2, 0.25) is 0 Å². The molecule has 4 rings (SSSR count). The number of methoxy groups -OCH3 is 1. The van der Waals surface area contributed by atoms with Gasteiger partial charge in [-0.05, 0) is 69.0 Å². The highest BCUT2D eigenvalue weighted by Gasteiger charge is 2.47. The second kappa shape index (κ2) is 6.58. The first-order valence-corrected chi connectivity index (χ1v) is 9.23. The molecule has 138 valence electrons. The third-order valence-electron chi connectivity index (χ3n) is 5.67. The Morgan fingerprint density at radius 1 is 1.12 bits per heavy atom. The van der Waals surface area contributed by atoms with E-state index in [-0.39, 0.29) is 23.6 Å². The van der Waals surface area contributed by atoms with Crippen LogP contribution < -0.4 is 9.47 Å². The minimum absolute atomic E-state index is 0.0111. The Balaban J connectivity index is 1.60. The molecule has 2 heterocycles. The second-order valence-electron chi connectivity index (χ2n) is 7.80. The van der Waals surface area contributed by atoms with Crippen LogP contribution in [0.5, 0.6) is 11.5 Å². The Labute approximate surface area is 154 Å². The van der Waals surface area contributed by atoms with E-state index in [1.54, 1.807) is 7.11 Å². The van der Waals surface area contributed by atoms with E-state index in [0.717, 1.165) is 41.9 Å². The number of rotatable bonds is 3. The molecule has 3 nitrogen and oxygen atoms in total. The van der Waals surface area contributed by atoms with E-state index in [9.17, 15) is 4.39 Å². The van der Waals surface area contributed by atoms with Crippen LogP contribution in [0, 0.1) is 11.7 Å². The Morgan fingerprint density at radius 2 is 1.88 bits per heavy atom. The topological polar surface area (TPSA) is 27.7 Å².